The van der Waals surface area contributed by atoms with Crippen molar-refractivity contribution >= 4 is 23.8 Å². The first-order valence-electron chi connectivity index (χ1n) is 6.22. The van der Waals surface area contributed by atoms with E-state index in [2.05, 4.69) is 10.3 Å². The van der Waals surface area contributed by atoms with Crippen molar-refractivity contribution in [1.82, 2.24) is 4.98 Å². The first-order valence-corrected chi connectivity index (χ1v) is 6.22. The number of hydrogen-bond acceptors (Lipinski definition) is 3. The van der Waals surface area contributed by atoms with E-state index in [1.165, 1.54) is 6.08 Å². The summed E-state index contributed by atoms with van der Waals surface area (Å²) in [6.07, 6.45) is 4.16. The zero-order valence-electron chi connectivity index (χ0n) is 11.1. The first-order chi connectivity index (χ1) is 9.02. The van der Waals surface area contributed by atoms with E-state index in [1.807, 2.05) is 13.8 Å². The molecule has 0 aliphatic carbocycles. The number of nitrogens with one attached hydrogen (secondary N) is 1. The molecule has 19 heavy (non-hydrogen) atoms. The standard InChI is InChI=1S/C14H18N2O3/c1-3-5-10(2)14(19)16-12-7-4-6-11(15-12)8-9-13(17)18/h4,6-10H,3,5H2,1-2H3,(H,17,18)(H,15,16,19). The number of hydrogen-bond donors (Lipinski definition) is 2. The molecular formula is C14H18N2O3. The minimum atomic E-state index is -1.03. The maximum Gasteiger partial charge on any atom is 0.328 e. The van der Waals surface area contributed by atoms with Crippen LogP contribution in [0.2, 0.25) is 0 Å². The first kappa shape index (κ1) is 14.9. The Hall–Kier alpha value is -2.17. The topological polar surface area (TPSA) is 79.3 Å². The van der Waals surface area contributed by atoms with Gasteiger partial charge < -0.3 is 10.4 Å². The maximum absolute atomic E-state index is 11.8. The molecule has 1 atom stereocenters. The minimum Gasteiger partial charge on any atom is -0.478 e. The second kappa shape index (κ2) is 7.31. The van der Waals surface area contributed by atoms with Crippen LogP contribution in [-0.2, 0) is 9.59 Å². The molecule has 0 radical (unpaired) electrons. The third-order valence-electron chi connectivity index (χ3n) is 2.59. The van der Waals surface area contributed by atoms with Crippen LogP contribution in [0.25, 0.3) is 6.08 Å². The average molecular weight is 262 g/mol. The lowest BCUT2D eigenvalue weighted by Gasteiger charge is -2.10. The summed E-state index contributed by atoms with van der Waals surface area (Å²) in [5, 5.41) is 11.3. The molecule has 1 amide bonds. The van der Waals surface area contributed by atoms with E-state index in [1.54, 1.807) is 18.2 Å². The van der Waals surface area contributed by atoms with Crippen molar-refractivity contribution in [2.45, 2.75) is 26.7 Å². The molecule has 0 aromatic carbocycles. The van der Waals surface area contributed by atoms with E-state index in [0.29, 0.717) is 11.5 Å². The third kappa shape index (κ3) is 5.33. The van der Waals surface area contributed by atoms with Crippen LogP contribution in [0.15, 0.2) is 24.3 Å². The average Bonchev–Trinajstić information content (AvgIpc) is 2.37. The molecule has 0 fully saturated rings. The monoisotopic (exact) mass is 262 g/mol. The molecule has 0 aliphatic heterocycles. The number of carbonyl (C=O) groups excluding carboxylic acids is 1. The Morgan fingerprint density at radius 3 is 2.84 bits per heavy atom. The Morgan fingerprint density at radius 1 is 1.47 bits per heavy atom. The van der Waals surface area contributed by atoms with E-state index < -0.39 is 5.97 Å². The highest BCUT2D eigenvalue weighted by Crippen LogP contribution is 2.11. The smallest absolute Gasteiger partial charge is 0.328 e. The van der Waals surface area contributed by atoms with Crippen molar-refractivity contribution in [3.05, 3.63) is 30.0 Å². The molecule has 5 heteroatoms. The summed E-state index contributed by atoms with van der Waals surface area (Å²) in [6, 6.07) is 5.06. The van der Waals surface area contributed by atoms with Crippen LogP contribution in [0, 0.1) is 5.92 Å². The molecule has 0 spiro atoms. The zero-order valence-corrected chi connectivity index (χ0v) is 11.1. The molecule has 0 saturated carbocycles. The molecule has 102 valence electrons. The van der Waals surface area contributed by atoms with Crippen molar-refractivity contribution < 1.29 is 14.7 Å². The number of amides is 1. The molecule has 1 aromatic rings. The maximum atomic E-state index is 11.8. The fourth-order valence-corrected chi connectivity index (χ4v) is 1.58. The molecular weight excluding hydrogens is 244 g/mol. The third-order valence-corrected chi connectivity index (χ3v) is 2.59. The summed E-state index contributed by atoms with van der Waals surface area (Å²) < 4.78 is 0. The summed E-state index contributed by atoms with van der Waals surface area (Å²) in [7, 11) is 0. The second-order valence-electron chi connectivity index (χ2n) is 4.30. The van der Waals surface area contributed by atoms with Crippen molar-refractivity contribution in [2.75, 3.05) is 5.32 Å². The van der Waals surface area contributed by atoms with Gasteiger partial charge in [0.15, 0.2) is 0 Å². The van der Waals surface area contributed by atoms with E-state index in [9.17, 15) is 9.59 Å². The van der Waals surface area contributed by atoms with Crippen molar-refractivity contribution in [1.29, 1.82) is 0 Å². The summed E-state index contributed by atoms with van der Waals surface area (Å²) in [5.74, 6) is -0.743. The molecule has 1 rings (SSSR count). The SMILES string of the molecule is CCCC(C)C(=O)Nc1cccc(C=CC(=O)O)n1. The lowest BCUT2D eigenvalue weighted by atomic mass is 10.1. The van der Waals surface area contributed by atoms with Crippen LogP contribution in [0.3, 0.4) is 0 Å². The molecule has 1 unspecified atom stereocenters. The van der Waals surface area contributed by atoms with Gasteiger partial charge in [-0.05, 0) is 24.6 Å². The van der Waals surface area contributed by atoms with Gasteiger partial charge in [-0.1, -0.05) is 26.3 Å². The van der Waals surface area contributed by atoms with Gasteiger partial charge in [0.25, 0.3) is 0 Å². The van der Waals surface area contributed by atoms with Gasteiger partial charge in [-0.2, -0.15) is 0 Å². The van der Waals surface area contributed by atoms with Crippen molar-refractivity contribution in [3.8, 4) is 0 Å². The van der Waals surface area contributed by atoms with Crippen LogP contribution in [0.4, 0.5) is 5.82 Å². The quantitative estimate of drug-likeness (QED) is 0.772. The molecule has 0 aliphatic rings. The van der Waals surface area contributed by atoms with Gasteiger partial charge in [0, 0.05) is 12.0 Å². The molecule has 0 bridgehead atoms. The summed E-state index contributed by atoms with van der Waals surface area (Å²) in [5.41, 5.74) is 0.489. The molecule has 2 N–H and O–H groups in total. The highest BCUT2D eigenvalue weighted by Gasteiger charge is 2.12. The Morgan fingerprint density at radius 2 is 2.21 bits per heavy atom. The normalized spacial score (nSPS) is 12.3. The van der Waals surface area contributed by atoms with E-state index in [0.717, 1.165) is 18.9 Å². The van der Waals surface area contributed by atoms with Gasteiger partial charge in [-0.15, -0.1) is 0 Å². The Balaban J connectivity index is 2.72. The number of nitrogens with zero attached hydrogens (tertiary/aromatic N) is 1. The molecule has 1 aromatic heterocycles. The van der Waals surface area contributed by atoms with Crippen molar-refractivity contribution in [2.24, 2.45) is 5.92 Å². The number of carboxylic acids is 1. The highest BCUT2D eigenvalue weighted by molar-refractivity contribution is 5.91. The largest absolute Gasteiger partial charge is 0.478 e. The Bertz CT molecular complexity index is 483. The molecule has 0 saturated heterocycles. The van der Waals surface area contributed by atoms with Gasteiger partial charge >= 0.3 is 5.97 Å². The predicted molar refractivity (Wildman–Crippen MR) is 73.6 cm³/mol. The van der Waals surface area contributed by atoms with Gasteiger partial charge in [-0.25, -0.2) is 9.78 Å². The van der Waals surface area contributed by atoms with Gasteiger partial charge in [0.1, 0.15) is 5.82 Å². The van der Waals surface area contributed by atoms with Crippen LogP contribution >= 0.6 is 0 Å². The summed E-state index contributed by atoms with van der Waals surface area (Å²) in [6.45, 7) is 3.90. The number of pyridine rings is 1. The number of carbonyl (C=O) groups is 2. The van der Waals surface area contributed by atoms with Gasteiger partial charge in [-0.3, -0.25) is 4.79 Å². The number of aliphatic carboxylic acids is 1. The predicted octanol–water partition coefficient (Wildman–Crippen LogP) is 2.55. The van der Waals surface area contributed by atoms with Crippen LogP contribution in [0.5, 0.6) is 0 Å². The van der Waals surface area contributed by atoms with E-state index in [4.69, 9.17) is 5.11 Å². The second-order valence-corrected chi connectivity index (χ2v) is 4.30. The summed E-state index contributed by atoms with van der Waals surface area (Å²) in [4.78, 5) is 26.4. The zero-order chi connectivity index (χ0) is 14.3. The van der Waals surface area contributed by atoms with Gasteiger partial charge in [0.05, 0.1) is 5.69 Å². The molecule has 1 heterocycles. The number of aromatic nitrogens is 1. The lowest BCUT2D eigenvalue weighted by molar-refractivity contribution is -0.131. The van der Waals surface area contributed by atoms with E-state index in [-0.39, 0.29) is 11.8 Å². The van der Waals surface area contributed by atoms with Crippen LogP contribution in [0.1, 0.15) is 32.4 Å². The molecule has 5 nitrogen and oxygen atoms in total. The van der Waals surface area contributed by atoms with Crippen molar-refractivity contribution in [3.63, 3.8) is 0 Å². The highest BCUT2D eigenvalue weighted by atomic mass is 16.4. The van der Waals surface area contributed by atoms with E-state index >= 15 is 0 Å². The van der Waals surface area contributed by atoms with Crippen LogP contribution in [-0.4, -0.2) is 22.0 Å². The number of anilines is 1. The number of rotatable bonds is 6. The number of carboxylic acid groups (broad SMARTS) is 1. The Labute approximate surface area is 112 Å². The van der Waals surface area contributed by atoms with Gasteiger partial charge in [0.2, 0.25) is 5.91 Å². The Kier molecular flexibility index (Phi) is 5.73. The lowest BCUT2D eigenvalue weighted by Crippen LogP contribution is -2.20. The van der Waals surface area contributed by atoms with Crippen LogP contribution < -0.4 is 5.32 Å². The fraction of sp³-hybridized carbons (Fsp3) is 0.357. The summed E-state index contributed by atoms with van der Waals surface area (Å²) >= 11 is 0. The fourth-order valence-electron chi connectivity index (χ4n) is 1.58. The minimum absolute atomic E-state index is 0.0648.